The van der Waals surface area contributed by atoms with Crippen LogP contribution in [-0.2, 0) is 14.2 Å². The lowest BCUT2D eigenvalue weighted by atomic mass is 9.74. The molecule has 19 heavy (non-hydrogen) atoms. The van der Waals surface area contributed by atoms with Crippen LogP contribution in [0.2, 0.25) is 0 Å². The Kier molecular flexibility index (Phi) is 2.87. The normalized spacial score (nSPS) is 50.3. The number of fused-ring (bicyclic) bond motifs is 1. The van der Waals surface area contributed by atoms with Crippen LogP contribution in [0.3, 0.4) is 0 Å². The molecule has 0 amide bonds. The SMILES string of the molecule is C=CC1CC2[C@@H]3[C@H](O[C@H]2O)C(I)=CC2(OCCO2)[C@H]13. The van der Waals surface area contributed by atoms with Gasteiger partial charge in [-0.15, -0.1) is 6.58 Å². The highest BCUT2D eigenvalue weighted by molar-refractivity contribution is 14.1. The van der Waals surface area contributed by atoms with Crippen molar-refractivity contribution < 1.29 is 19.3 Å². The molecule has 2 unspecified atom stereocenters. The van der Waals surface area contributed by atoms with Crippen molar-refractivity contribution in [1.29, 1.82) is 0 Å². The van der Waals surface area contributed by atoms with E-state index in [4.69, 9.17) is 14.2 Å². The largest absolute Gasteiger partial charge is 0.368 e. The van der Waals surface area contributed by atoms with Crippen molar-refractivity contribution in [3.05, 3.63) is 22.3 Å². The molecule has 0 radical (unpaired) electrons. The topological polar surface area (TPSA) is 47.9 Å². The molecule has 4 nitrogen and oxygen atoms in total. The van der Waals surface area contributed by atoms with E-state index in [2.05, 4.69) is 35.2 Å². The minimum absolute atomic E-state index is 0.00558. The molecule has 4 aliphatic rings. The lowest BCUT2D eigenvalue weighted by Crippen LogP contribution is -2.48. The number of hydrogen-bond donors (Lipinski definition) is 1. The van der Waals surface area contributed by atoms with Gasteiger partial charge in [-0.2, -0.15) is 0 Å². The molecule has 2 aliphatic carbocycles. The summed E-state index contributed by atoms with van der Waals surface area (Å²) in [5.41, 5.74) is 0. The smallest absolute Gasteiger partial charge is 0.192 e. The molecular formula is C14H17IO4. The molecule has 4 rings (SSSR count). The van der Waals surface area contributed by atoms with Crippen LogP contribution < -0.4 is 0 Å². The van der Waals surface area contributed by atoms with E-state index < -0.39 is 12.1 Å². The Labute approximate surface area is 125 Å². The van der Waals surface area contributed by atoms with E-state index in [1.807, 2.05) is 6.08 Å². The highest BCUT2D eigenvalue weighted by atomic mass is 127. The third kappa shape index (κ3) is 1.59. The van der Waals surface area contributed by atoms with Gasteiger partial charge in [0.2, 0.25) is 0 Å². The molecule has 3 fully saturated rings. The van der Waals surface area contributed by atoms with Gasteiger partial charge in [-0.05, 0) is 41.0 Å². The lowest BCUT2D eigenvalue weighted by molar-refractivity contribution is -0.185. The summed E-state index contributed by atoms with van der Waals surface area (Å²) < 4.78 is 18.8. The molecule has 0 bridgehead atoms. The van der Waals surface area contributed by atoms with Gasteiger partial charge in [-0.3, -0.25) is 0 Å². The predicted molar refractivity (Wildman–Crippen MR) is 76.4 cm³/mol. The second kappa shape index (κ2) is 4.27. The van der Waals surface area contributed by atoms with E-state index in [0.717, 1.165) is 10.0 Å². The summed E-state index contributed by atoms with van der Waals surface area (Å²) >= 11 is 2.29. The third-order valence-electron chi connectivity index (χ3n) is 5.03. The minimum Gasteiger partial charge on any atom is -0.368 e. The standard InChI is InChI=1S/C14H17IO4/c1-2-7-5-8-10-11(7)14(17-3-4-18-14)6-9(15)12(10)19-13(8)16/h2,6-8,10-13,16H,1,3-5H2/t7?,8?,10-,11+,12+,13+/m0/s1. The summed E-state index contributed by atoms with van der Waals surface area (Å²) in [6, 6.07) is 0. The van der Waals surface area contributed by atoms with Crippen LogP contribution in [0.15, 0.2) is 22.3 Å². The van der Waals surface area contributed by atoms with E-state index in [-0.39, 0.29) is 23.9 Å². The monoisotopic (exact) mass is 376 g/mol. The maximum absolute atomic E-state index is 10.1. The van der Waals surface area contributed by atoms with Gasteiger partial charge < -0.3 is 19.3 Å². The maximum Gasteiger partial charge on any atom is 0.192 e. The fourth-order valence-electron chi connectivity index (χ4n) is 4.38. The van der Waals surface area contributed by atoms with Gasteiger partial charge in [0.1, 0.15) is 0 Å². The summed E-state index contributed by atoms with van der Waals surface area (Å²) in [6.07, 6.45) is 4.28. The summed E-state index contributed by atoms with van der Waals surface area (Å²) in [7, 11) is 0. The van der Waals surface area contributed by atoms with Crippen LogP contribution in [0.4, 0.5) is 0 Å². The number of allylic oxidation sites excluding steroid dienone is 1. The Balaban J connectivity index is 1.83. The summed E-state index contributed by atoms with van der Waals surface area (Å²) in [4.78, 5) is 0. The molecule has 1 saturated carbocycles. The van der Waals surface area contributed by atoms with E-state index >= 15 is 0 Å². The van der Waals surface area contributed by atoms with Crippen molar-refractivity contribution in [2.45, 2.75) is 24.6 Å². The maximum atomic E-state index is 10.1. The molecular weight excluding hydrogens is 359 g/mol. The third-order valence-corrected chi connectivity index (χ3v) is 5.96. The van der Waals surface area contributed by atoms with Crippen molar-refractivity contribution in [3.8, 4) is 0 Å². The van der Waals surface area contributed by atoms with Crippen LogP contribution in [-0.4, -0.2) is 36.5 Å². The van der Waals surface area contributed by atoms with Gasteiger partial charge in [-0.1, -0.05) is 6.08 Å². The van der Waals surface area contributed by atoms with Gasteiger partial charge >= 0.3 is 0 Å². The first-order valence-corrected chi connectivity index (χ1v) is 7.86. The molecule has 6 atom stereocenters. The Morgan fingerprint density at radius 1 is 1.42 bits per heavy atom. The lowest BCUT2D eigenvalue weighted by Gasteiger charge is -2.42. The van der Waals surface area contributed by atoms with Gasteiger partial charge in [0.15, 0.2) is 12.1 Å². The fraction of sp³-hybridized carbons (Fsp3) is 0.714. The van der Waals surface area contributed by atoms with Crippen LogP contribution in [0.5, 0.6) is 0 Å². The molecule has 0 aromatic carbocycles. The van der Waals surface area contributed by atoms with E-state index in [1.165, 1.54) is 0 Å². The van der Waals surface area contributed by atoms with Crippen molar-refractivity contribution in [3.63, 3.8) is 0 Å². The first-order chi connectivity index (χ1) is 9.16. The van der Waals surface area contributed by atoms with Crippen LogP contribution in [0, 0.1) is 23.7 Å². The second-order valence-corrected chi connectivity index (χ2v) is 7.04. The molecule has 5 heteroatoms. The predicted octanol–water partition coefficient (Wildman–Crippen LogP) is 1.83. The number of halogens is 1. The van der Waals surface area contributed by atoms with Crippen LogP contribution in [0.25, 0.3) is 0 Å². The van der Waals surface area contributed by atoms with E-state index in [1.54, 1.807) is 0 Å². The Bertz CT molecular complexity index is 443. The Hall–Kier alpha value is 0.0500. The molecule has 0 aromatic heterocycles. The number of hydrogen-bond acceptors (Lipinski definition) is 4. The molecule has 2 saturated heterocycles. The molecule has 1 spiro atoms. The number of aliphatic hydroxyl groups is 1. The van der Waals surface area contributed by atoms with Crippen molar-refractivity contribution >= 4 is 22.6 Å². The number of rotatable bonds is 1. The van der Waals surface area contributed by atoms with Gasteiger partial charge in [-0.25, -0.2) is 0 Å². The van der Waals surface area contributed by atoms with Gasteiger partial charge in [0.25, 0.3) is 0 Å². The van der Waals surface area contributed by atoms with E-state index in [9.17, 15) is 5.11 Å². The van der Waals surface area contributed by atoms with Gasteiger partial charge in [0, 0.05) is 21.3 Å². The first-order valence-electron chi connectivity index (χ1n) is 6.78. The summed E-state index contributed by atoms with van der Waals surface area (Å²) in [5.74, 6) is 0.334. The number of ether oxygens (including phenoxy) is 3. The minimum atomic E-state index is -0.669. The fourth-order valence-corrected chi connectivity index (χ4v) is 5.38. The zero-order valence-corrected chi connectivity index (χ0v) is 12.7. The first kappa shape index (κ1) is 12.8. The zero-order valence-electron chi connectivity index (χ0n) is 10.5. The highest BCUT2D eigenvalue weighted by Crippen LogP contribution is 2.60. The quantitative estimate of drug-likeness (QED) is 0.561. The average molecular weight is 376 g/mol. The van der Waals surface area contributed by atoms with Crippen LogP contribution >= 0.6 is 22.6 Å². The van der Waals surface area contributed by atoms with Crippen molar-refractivity contribution in [2.75, 3.05) is 13.2 Å². The number of aliphatic hydroxyl groups excluding tert-OH is 1. The Morgan fingerprint density at radius 3 is 2.84 bits per heavy atom. The van der Waals surface area contributed by atoms with Crippen molar-refractivity contribution in [1.82, 2.24) is 0 Å². The average Bonchev–Trinajstić information content (AvgIpc) is 3.04. The van der Waals surface area contributed by atoms with E-state index in [0.29, 0.717) is 19.1 Å². The molecule has 2 aliphatic heterocycles. The summed E-state index contributed by atoms with van der Waals surface area (Å²) in [5, 5.41) is 10.1. The molecule has 1 N–H and O–H groups in total. The Morgan fingerprint density at radius 2 is 2.16 bits per heavy atom. The molecule has 0 aromatic rings. The summed E-state index contributed by atoms with van der Waals surface area (Å²) in [6.45, 7) is 5.22. The second-order valence-electron chi connectivity index (χ2n) is 5.80. The molecule has 104 valence electrons. The van der Waals surface area contributed by atoms with Gasteiger partial charge in [0.05, 0.1) is 19.3 Å². The zero-order chi connectivity index (χ0) is 13.2. The molecule has 2 heterocycles. The van der Waals surface area contributed by atoms with Crippen LogP contribution in [0.1, 0.15) is 6.42 Å². The van der Waals surface area contributed by atoms with Crippen molar-refractivity contribution in [2.24, 2.45) is 23.7 Å². The highest BCUT2D eigenvalue weighted by Gasteiger charge is 2.65.